The molecule has 0 unspecified atom stereocenters. The van der Waals surface area contributed by atoms with Gasteiger partial charge in [-0.2, -0.15) is 0 Å². The molecule has 2 aromatic carbocycles. The summed E-state index contributed by atoms with van der Waals surface area (Å²) in [5.41, 5.74) is 2.59. The molecule has 4 heteroatoms. The number of hydrogen-bond donors (Lipinski definition) is 1. The van der Waals surface area contributed by atoms with Gasteiger partial charge in [0, 0.05) is 23.7 Å². The molecule has 0 aliphatic carbocycles. The largest absolute Gasteiger partial charge is 0.497 e. The molecule has 0 spiro atoms. The lowest BCUT2D eigenvalue weighted by Crippen LogP contribution is -2.22. The number of hydrogen-bond acceptors (Lipinski definition) is 3. The Morgan fingerprint density at radius 3 is 2.64 bits per heavy atom. The summed E-state index contributed by atoms with van der Waals surface area (Å²) in [5, 5.41) is 3.99. The van der Waals surface area contributed by atoms with Crippen molar-refractivity contribution in [2.24, 2.45) is 0 Å². The molecule has 0 aliphatic rings. The molecule has 3 aromatic rings. The maximum atomic E-state index is 12.2. The fourth-order valence-corrected chi connectivity index (χ4v) is 2.33. The Balaban J connectivity index is 1.74. The molecule has 1 aromatic heterocycles. The van der Waals surface area contributed by atoms with Crippen molar-refractivity contribution in [3.8, 4) is 5.75 Å². The van der Waals surface area contributed by atoms with E-state index in [4.69, 9.17) is 4.74 Å². The minimum absolute atomic E-state index is 0.108. The van der Waals surface area contributed by atoms with E-state index < -0.39 is 0 Å². The lowest BCUT2D eigenvalue weighted by Gasteiger charge is -2.08. The maximum absolute atomic E-state index is 12.2. The van der Waals surface area contributed by atoms with E-state index >= 15 is 0 Å². The van der Waals surface area contributed by atoms with E-state index in [1.54, 1.807) is 37.6 Å². The number of amides is 1. The van der Waals surface area contributed by atoms with E-state index in [-0.39, 0.29) is 5.91 Å². The van der Waals surface area contributed by atoms with Crippen molar-refractivity contribution in [3.05, 3.63) is 71.9 Å². The van der Waals surface area contributed by atoms with Gasteiger partial charge in [-0.05, 0) is 42.0 Å². The summed E-state index contributed by atoms with van der Waals surface area (Å²) in [4.78, 5) is 16.5. The first-order valence-corrected chi connectivity index (χ1v) is 7.03. The molecule has 0 bridgehead atoms. The average molecular weight is 292 g/mol. The molecular formula is C18H16N2O2. The van der Waals surface area contributed by atoms with Gasteiger partial charge in [-0.1, -0.05) is 18.2 Å². The summed E-state index contributed by atoms with van der Waals surface area (Å²) < 4.78 is 5.09. The molecule has 1 amide bonds. The molecule has 0 atom stereocenters. The van der Waals surface area contributed by atoms with Crippen LogP contribution < -0.4 is 10.1 Å². The van der Waals surface area contributed by atoms with E-state index in [1.807, 2.05) is 30.3 Å². The van der Waals surface area contributed by atoms with Crippen LogP contribution in [0, 0.1) is 0 Å². The second-order valence-electron chi connectivity index (χ2n) is 4.90. The third-order valence-corrected chi connectivity index (χ3v) is 3.53. The van der Waals surface area contributed by atoms with Crippen LogP contribution in [0.1, 0.15) is 15.9 Å². The number of aromatic nitrogens is 1. The second-order valence-corrected chi connectivity index (χ2v) is 4.90. The van der Waals surface area contributed by atoms with Crippen molar-refractivity contribution in [1.82, 2.24) is 10.3 Å². The predicted molar refractivity (Wildman–Crippen MR) is 85.9 cm³/mol. The van der Waals surface area contributed by atoms with Crippen LogP contribution in [-0.2, 0) is 6.54 Å². The number of carbonyl (C=O) groups excluding carboxylic acids is 1. The van der Waals surface area contributed by atoms with Crippen LogP contribution >= 0.6 is 0 Å². The maximum Gasteiger partial charge on any atom is 0.251 e. The summed E-state index contributed by atoms with van der Waals surface area (Å²) in [5.74, 6) is 0.625. The first kappa shape index (κ1) is 14.1. The zero-order chi connectivity index (χ0) is 15.4. The van der Waals surface area contributed by atoms with Gasteiger partial charge < -0.3 is 10.1 Å². The van der Waals surface area contributed by atoms with Gasteiger partial charge in [0.15, 0.2) is 0 Å². The molecule has 0 saturated heterocycles. The molecule has 1 N–H and O–H groups in total. The van der Waals surface area contributed by atoms with Crippen molar-refractivity contribution < 1.29 is 9.53 Å². The Morgan fingerprint density at radius 1 is 1.09 bits per heavy atom. The number of nitrogens with one attached hydrogen (secondary N) is 1. The molecule has 4 nitrogen and oxygen atoms in total. The average Bonchev–Trinajstić information content (AvgIpc) is 2.59. The number of methoxy groups -OCH3 is 1. The zero-order valence-corrected chi connectivity index (χ0v) is 12.2. The highest BCUT2D eigenvalue weighted by Crippen LogP contribution is 2.16. The summed E-state index contributed by atoms with van der Waals surface area (Å²) in [6.45, 7) is 0.466. The Labute approximate surface area is 128 Å². The van der Waals surface area contributed by atoms with Crippen molar-refractivity contribution in [2.75, 3.05) is 7.11 Å². The summed E-state index contributed by atoms with van der Waals surface area (Å²) in [7, 11) is 1.60. The van der Waals surface area contributed by atoms with Crippen molar-refractivity contribution >= 4 is 16.8 Å². The van der Waals surface area contributed by atoms with Crippen molar-refractivity contribution in [1.29, 1.82) is 0 Å². The van der Waals surface area contributed by atoms with E-state index in [1.165, 1.54) is 0 Å². The number of nitrogens with zero attached hydrogens (tertiary/aromatic N) is 1. The van der Waals surface area contributed by atoms with Gasteiger partial charge in [0.1, 0.15) is 5.75 Å². The van der Waals surface area contributed by atoms with Crippen LogP contribution in [0.4, 0.5) is 0 Å². The number of benzene rings is 2. The monoisotopic (exact) mass is 292 g/mol. The van der Waals surface area contributed by atoms with E-state index in [9.17, 15) is 4.79 Å². The SMILES string of the molecule is COc1ccc(C(=O)NCc2ccnc3ccccc23)cc1. The molecule has 22 heavy (non-hydrogen) atoms. The van der Waals surface area contributed by atoms with Gasteiger partial charge in [-0.3, -0.25) is 9.78 Å². The van der Waals surface area contributed by atoms with Crippen LogP contribution in [-0.4, -0.2) is 18.0 Å². The zero-order valence-electron chi connectivity index (χ0n) is 12.2. The highest BCUT2D eigenvalue weighted by Gasteiger charge is 2.07. The number of rotatable bonds is 4. The number of pyridine rings is 1. The van der Waals surface area contributed by atoms with Crippen LogP contribution in [0.25, 0.3) is 10.9 Å². The molecule has 1 heterocycles. The van der Waals surface area contributed by atoms with Crippen LogP contribution in [0.5, 0.6) is 5.75 Å². The van der Waals surface area contributed by atoms with Crippen LogP contribution in [0.3, 0.4) is 0 Å². The van der Waals surface area contributed by atoms with Crippen LogP contribution in [0.15, 0.2) is 60.8 Å². The van der Waals surface area contributed by atoms with Gasteiger partial charge >= 0.3 is 0 Å². The molecule has 0 aliphatic heterocycles. The standard InChI is InChI=1S/C18H16N2O2/c1-22-15-8-6-13(7-9-15)18(21)20-12-14-10-11-19-17-5-3-2-4-16(14)17/h2-11H,12H2,1H3,(H,20,21). The fraction of sp³-hybridized carbons (Fsp3) is 0.111. The Kier molecular flexibility index (Phi) is 4.01. The highest BCUT2D eigenvalue weighted by atomic mass is 16.5. The minimum Gasteiger partial charge on any atom is -0.497 e. The van der Waals surface area contributed by atoms with Crippen molar-refractivity contribution in [2.45, 2.75) is 6.54 Å². The highest BCUT2D eigenvalue weighted by molar-refractivity contribution is 5.94. The number of para-hydroxylation sites is 1. The quantitative estimate of drug-likeness (QED) is 0.803. The number of carbonyl (C=O) groups is 1. The first-order chi connectivity index (χ1) is 10.8. The topological polar surface area (TPSA) is 51.2 Å². The minimum atomic E-state index is -0.108. The Hall–Kier alpha value is -2.88. The normalized spacial score (nSPS) is 10.4. The van der Waals surface area contributed by atoms with E-state index in [2.05, 4.69) is 10.3 Å². The van der Waals surface area contributed by atoms with Gasteiger partial charge in [-0.25, -0.2) is 0 Å². The van der Waals surface area contributed by atoms with Crippen LogP contribution in [0.2, 0.25) is 0 Å². The molecule has 110 valence electrons. The molecule has 3 rings (SSSR count). The van der Waals surface area contributed by atoms with Gasteiger partial charge in [-0.15, -0.1) is 0 Å². The predicted octanol–water partition coefficient (Wildman–Crippen LogP) is 3.17. The second kappa shape index (κ2) is 6.26. The molecule has 0 fully saturated rings. The number of ether oxygens (including phenoxy) is 1. The summed E-state index contributed by atoms with van der Waals surface area (Å²) in [6, 6.07) is 16.9. The Morgan fingerprint density at radius 2 is 1.86 bits per heavy atom. The Bertz CT molecular complexity index is 792. The lowest BCUT2D eigenvalue weighted by molar-refractivity contribution is 0.0951. The lowest BCUT2D eigenvalue weighted by atomic mass is 10.1. The summed E-state index contributed by atoms with van der Waals surface area (Å²) >= 11 is 0. The number of fused-ring (bicyclic) bond motifs is 1. The third kappa shape index (κ3) is 2.91. The summed E-state index contributed by atoms with van der Waals surface area (Å²) in [6.07, 6.45) is 1.76. The van der Waals surface area contributed by atoms with Gasteiger partial charge in [0.05, 0.1) is 12.6 Å². The molecule has 0 saturated carbocycles. The molecule has 0 radical (unpaired) electrons. The van der Waals surface area contributed by atoms with E-state index in [0.29, 0.717) is 12.1 Å². The third-order valence-electron chi connectivity index (χ3n) is 3.53. The molecular weight excluding hydrogens is 276 g/mol. The van der Waals surface area contributed by atoms with Gasteiger partial charge in [0.25, 0.3) is 5.91 Å². The first-order valence-electron chi connectivity index (χ1n) is 7.03. The van der Waals surface area contributed by atoms with Crippen molar-refractivity contribution in [3.63, 3.8) is 0 Å². The smallest absolute Gasteiger partial charge is 0.251 e. The fourth-order valence-electron chi connectivity index (χ4n) is 2.33. The van der Waals surface area contributed by atoms with Gasteiger partial charge in [0.2, 0.25) is 0 Å². The van der Waals surface area contributed by atoms with E-state index in [0.717, 1.165) is 22.2 Å².